The number of nitriles is 1. The van der Waals surface area contributed by atoms with E-state index in [0.29, 0.717) is 22.8 Å². The number of halogens is 1. The minimum Gasteiger partial charge on any atom is -0.473 e. The lowest BCUT2D eigenvalue weighted by Crippen LogP contribution is -2.05. The average Bonchev–Trinajstić information content (AvgIpc) is 3.04. The van der Waals surface area contributed by atoms with E-state index < -0.39 is 0 Å². The molecule has 0 spiro atoms. The number of rotatable bonds is 4. The van der Waals surface area contributed by atoms with Gasteiger partial charge < -0.3 is 4.74 Å². The summed E-state index contributed by atoms with van der Waals surface area (Å²) in [4.78, 5) is 4.18. The molecule has 23 heavy (non-hydrogen) atoms. The fraction of sp³-hybridized carbons (Fsp3) is 0.118. The Morgan fingerprint density at radius 2 is 2.09 bits per heavy atom. The Morgan fingerprint density at radius 3 is 2.87 bits per heavy atom. The van der Waals surface area contributed by atoms with E-state index in [0.717, 1.165) is 5.56 Å². The van der Waals surface area contributed by atoms with E-state index in [4.69, 9.17) is 10.00 Å². The zero-order valence-electron chi connectivity index (χ0n) is 12.4. The fourth-order valence-electron chi connectivity index (χ4n) is 2.06. The molecule has 0 amide bonds. The summed E-state index contributed by atoms with van der Waals surface area (Å²) in [5.74, 6) is 0.690. The first-order valence-electron chi connectivity index (χ1n) is 6.96. The van der Waals surface area contributed by atoms with E-state index in [-0.39, 0.29) is 12.4 Å². The maximum atomic E-state index is 13.6. The summed E-state index contributed by atoms with van der Waals surface area (Å²) < 4.78 is 20.7. The van der Waals surface area contributed by atoms with Crippen molar-refractivity contribution in [2.75, 3.05) is 0 Å². The molecule has 0 saturated carbocycles. The van der Waals surface area contributed by atoms with Crippen molar-refractivity contribution in [1.82, 2.24) is 14.8 Å². The van der Waals surface area contributed by atoms with Crippen LogP contribution in [0.3, 0.4) is 0 Å². The van der Waals surface area contributed by atoms with Gasteiger partial charge in [0.05, 0.1) is 17.8 Å². The summed E-state index contributed by atoms with van der Waals surface area (Å²) in [6.45, 7) is 1.92. The van der Waals surface area contributed by atoms with Crippen LogP contribution in [0, 0.1) is 24.1 Å². The first kappa shape index (κ1) is 14.7. The molecule has 5 nitrogen and oxygen atoms in total. The molecular weight excluding hydrogens is 295 g/mol. The molecule has 0 bridgehead atoms. The minimum atomic E-state index is -0.261. The van der Waals surface area contributed by atoms with E-state index in [9.17, 15) is 4.39 Å². The predicted molar refractivity (Wildman–Crippen MR) is 81.5 cm³/mol. The van der Waals surface area contributed by atoms with E-state index >= 15 is 0 Å². The molecule has 2 heterocycles. The van der Waals surface area contributed by atoms with E-state index in [1.54, 1.807) is 37.4 Å². The van der Waals surface area contributed by atoms with Crippen molar-refractivity contribution in [2.45, 2.75) is 13.5 Å². The smallest absolute Gasteiger partial charge is 0.218 e. The first-order chi connectivity index (χ1) is 11.2. The van der Waals surface area contributed by atoms with Crippen LogP contribution in [0.15, 0.2) is 48.8 Å². The van der Waals surface area contributed by atoms with Gasteiger partial charge in [0.25, 0.3) is 0 Å². The van der Waals surface area contributed by atoms with Crippen LogP contribution in [0.2, 0.25) is 0 Å². The highest BCUT2D eigenvalue weighted by Crippen LogP contribution is 2.18. The summed E-state index contributed by atoms with van der Waals surface area (Å²) in [5.41, 5.74) is 1.80. The molecule has 0 atom stereocenters. The van der Waals surface area contributed by atoms with Gasteiger partial charge in [-0.1, -0.05) is 12.1 Å². The summed E-state index contributed by atoms with van der Waals surface area (Å²) >= 11 is 0. The van der Waals surface area contributed by atoms with Gasteiger partial charge in [0.1, 0.15) is 12.4 Å². The second kappa shape index (κ2) is 6.28. The van der Waals surface area contributed by atoms with Crippen molar-refractivity contribution >= 4 is 0 Å². The molecule has 0 radical (unpaired) electrons. The van der Waals surface area contributed by atoms with Gasteiger partial charge in [0.2, 0.25) is 5.88 Å². The monoisotopic (exact) mass is 308 g/mol. The number of hydrogen-bond donors (Lipinski definition) is 0. The van der Waals surface area contributed by atoms with Crippen molar-refractivity contribution in [3.8, 4) is 17.8 Å². The standard InChI is InChI=1S/C17H13FN4O/c1-12-2-3-14(8-15(12)18)11-23-17-5-7-21-22(17)16-9-13(10-19)4-6-20-16/h2-9H,11H2,1H3. The second-order valence-corrected chi connectivity index (χ2v) is 4.97. The average molecular weight is 308 g/mol. The van der Waals surface area contributed by atoms with Gasteiger partial charge in [-0.3, -0.25) is 0 Å². The number of aryl methyl sites for hydroxylation is 1. The Morgan fingerprint density at radius 1 is 1.22 bits per heavy atom. The number of aromatic nitrogens is 3. The largest absolute Gasteiger partial charge is 0.473 e. The minimum absolute atomic E-state index is 0.209. The van der Waals surface area contributed by atoms with Crippen LogP contribution >= 0.6 is 0 Å². The summed E-state index contributed by atoms with van der Waals surface area (Å²) in [7, 11) is 0. The van der Waals surface area contributed by atoms with Gasteiger partial charge >= 0.3 is 0 Å². The van der Waals surface area contributed by atoms with E-state index in [1.165, 1.54) is 16.9 Å². The molecule has 0 unspecified atom stereocenters. The molecule has 0 fully saturated rings. The van der Waals surface area contributed by atoms with Gasteiger partial charge in [-0.2, -0.15) is 15.0 Å². The van der Waals surface area contributed by atoms with Crippen molar-refractivity contribution in [3.63, 3.8) is 0 Å². The van der Waals surface area contributed by atoms with E-state index in [1.807, 2.05) is 6.07 Å². The Bertz CT molecular complexity index is 882. The third-order valence-electron chi connectivity index (χ3n) is 3.32. The lowest BCUT2D eigenvalue weighted by atomic mass is 10.1. The fourth-order valence-corrected chi connectivity index (χ4v) is 2.06. The van der Waals surface area contributed by atoms with Crippen LogP contribution in [-0.4, -0.2) is 14.8 Å². The molecule has 2 aromatic heterocycles. The van der Waals surface area contributed by atoms with Crippen molar-refractivity contribution < 1.29 is 9.13 Å². The zero-order valence-corrected chi connectivity index (χ0v) is 12.4. The quantitative estimate of drug-likeness (QED) is 0.742. The first-order valence-corrected chi connectivity index (χ1v) is 6.96. The maximum Gasteiger partial charge on any atom is 0.218 e. The van der Waals surface area contributed by atoms with Crippen LogP contribution in [0.5, 0.6) is 5.88 Å². The number of hydrogen-bond acceptors (Lipinski definition) is 4. The van der Waals surface area contributed by atoms with Gasteiger partial charge in [-0.05, 0) is 30.2 Å². The summed E-state index contributed by atoms with van der Waals surface area (Å²) in [6.07, 6.45) is 3.11. The SMILES string of the molecule is Cc1ccc(COc2ccnn2-c2cc(C#N)ccn2)cc1F. The van der Waals surface area contributed by atoms with Crippen molar-refractivity contribution in [3.05, 3.63) is 71.3 Å². The lowest BCUT2D eigenvalue weighted by Gasteiger charge is -2.09. The van der Waals surface area contributed by atoms with Gasteiger partial charge in [-0.15, -0.1) is 0 Å². The third kappa shape index (κ3) is 3.19. The number of ether oxygens (including phenoxy) is 1. The third-order valence-corrected chi connectivity index (χ3v) is 3.32. The van der Waals surface area contributed by atoms with Crippen LogP contribution in [-0.2, 0) is 6.61 Å². The normalized spacial score (nSPS) is 10.3. The van der Waals surface area contributed by atoms with Crippen LogP contribution in [0.4, 0.5) is 4.39 Å². The molecule has 1 aromatic carbocycles. The Balaban J connectivity index is 1.81. The van der Waals surface area contributed by atoms with Gasteiger partial charge in [-0.25, -0.2) is 9.37 Å². The highest BCUT2D eigenvalue weighted by atomic mass is 19.1. The highest BCUT2D eigenvalue weighted by molar-refractivity contribution is 5.37. The summed E-state index contributed by atoms with van der Waals surface area (Å²) in [6, 6.07) is 11.9. The van der Waals surface area contributed by atoms with Crippen molar-refractivity contribution in [2.24, 2.45) is 0 Å². The van der Waals surface area contributed by atoms with E-state index in [2.05, 4.69) is 16.2 Å². The predicted octanol–water partition coefficient (Wildman–Crippen LogP) is 3.17. The molecule has 0 N–H and O–H groups in total. The van der Waals surface area contributed by atoms with Crippen LogP contribution < -0.4 is 4.74 Å². The number of nitrogens with zero attached hydrogens (tertiary/aromatic N) is 4. The molecule has 0 aliphatic heterocycles. The molecular formula is C17H13FN4O. The molecule has 0 saturated heterocycles. The Labute approximate surface area is 132 Å². The molecule has 6 heteroatoms. The number of pyridine rings is 1. The molecule has 114 valence electrons. The topological polar surface area (TPSA) is 63.7 Å². The molecule has 0 aliphatic rings. The zero-order chi connectivity index (χ0) is 16.2. The Hall–Kier alpha value is -3.20. The van der Waals surface area contributed by atoms with Gasteiger partial charge in [0.15, 0.2) is 5.82 Å². The molecule has 3 aromatic rings. The highest BCUT2D eigenvalue weighted by Gasteiger charge is 2.09. The second-order valence-electron chi connectivity index (χ2n) is 4.97. The maximum absolute atomic E-state index is 13.6. The summed E-state index contributed by atoms with van der Waals surface area (Å²) in [5, 5.41) is 13.1. The Kier molecular flexibility index (Phi) is 4.02. The van der Waals surface area contributed by atoms with Crippen LogP contribution in [0.1, 0.15) is 16.7 Å². The number of benzene rings is 1. The lowest BCUT2D eigenvalue weighted by molar-refractivity contribution is 0.283. The molecule has 3 rings (SSSR count). The van der Waals surface area contributed by atoms with Crippen molar-refractivity contribution in [1.29, 1.82) is 5.26 Å². The molecule has 0 aliphatic carbocycles. The van der Waals surface area contributed by atoms with Gasteiger partial charge in [0, 0.05) is 18.3 Å². The van der Waals surface area contributed by atoms with Crippen LogP contribution in [0.25, 0.3) is 5.82 Å².